The van der Waals surface area contributed by atoms with Crippen LogP contribution in [-0.4, -0.2) is 23.4 Å². The number of benzene rings is 2. The molecule has 1 atom stereocenters. The molecule has 1 aliphatic rings. The molecular formula is C24H20FNO4S. The molecule has 0 spiro atoms. The van der Waals surface area contributed by atoms with Crippen molar-refractivity contribution >= 4 is 34.5 Å². The Bertz CT molecular complexity index is 1180. The first kappa shape index (κ1) is 20.8. The van der Waals surface area contributed by atoms with E-state index in [4.69, 9.17) is 4.74 Å². The molecule has 3 aromatic rings. The quantitative estimate of drug-likeness (QED) is 0.338. The summed E-state index contributed by atoms with van der Waals surface area (Å²) in [6.07, 6.45) is 0. The van der Waals surface area contributed by atoms with Crippen LogP contribution in [0.4, 0.5) is 10.1 Å². The minimum atomic E-state index is -0.853. The molecule has 0 bridgehead atoms. The monoisotopic (exact) mass is 437 g/mol. The van der Waals surface area contributed by atoms with Gasteiger partial charge in [-0.05, 0) is 73.3 Å². The predicted molar refractivity (Wildman–Crippen MR) is 118 cm³/mol. The maximum atomic E-state index is 13.9. The molecular weight excluding hydrogens is 417 g/mol. The highest BCUT2D eigenvalue weighted by Crippen LogP contribution is 2.44. The van der Waals surface area contributed by atoms with Crippen LogP contribution in [0.15, 0.2) is 65.6 Å². The number of nitrogens with zero attached hydrogens (tertiary/aromatic N) is 1. The largest absolute Gasteiger partial charge is 0.507 e. The molecule has 1 amide bonds. The van der Waals surface area contributed by atoms with Crippen LogP contribution in [0, 0.1) is 12.7 Å². The zero-order valence-corrected chi connectivity index (χ0v) is 17.8. The Morgan fingerprint density at radius 2 is 1.90 bits per heavy atom. The molecule has 0 radical (unpaired) electrons. The van der Waals surface area contributed by atoms with E-state index in [1.807, 2.05) is 25.3 Å². The van der Waals surface area contributed by atoms with Crippen molar-refractivity contribution in [2.45, 2.75) is 19.9 Å². The van der Waals surface area contributed by atoms with Gasteiger partial charge in [-0.15, -0.1) is 11.3 Å². The maximum Gasteiger partial charge on any atom is 0.300 e. The number of hydrogen-bond acceptors (Lipinski definition) is 5. The first-order valence-corrected chi connectivity index (χ1v) is 10.6. The van der Waals surface area contributed by atoms with E-state index in [1.165, 1.54) is 34.4 Å². The van der Waals surface area contributed by atoms with E-state index < -0.39 is 23.5 Å². The molecule has 1 N–H and O–H groups in total. The lowest BCUT2D eigenvalue weighted by atomic mass is 9.98. The molecule has 1 saturated heterocycles. The molecule has 1 aliphatic heterocycles. The van der Waals surface area contributed by atoms with Gasteiger partial charge in [0.1, 0.15) is 23.4 Å². The molecule has 0 saturated carbocycles. The van der Waals surface area contributed by atoms with E-state index in [0.29, 0.717) is 17.9 Å². The minimum Gasteiger partial charge on any atom is -0.507 e. The van der Waals surface area contributed by atoms with Crippen molar-refractivity contribution in [3.8, 4) is 5.75 Å². The molecule has 1 aromatic heterocycles. The summed E-state index contributed by atoms with van der Waals surface area (Å²) >= 11 is 1.37. The Kier molecular flexibility index (Phi) is 5.61. The smallest absolute Gasteiger partial charge is 0.300 e. The average Bonchev–Trinajstić information content (AvgIpc) is 3.29. The zero-order chi connectivity index (χ0) is 22.1. The number of Topliss-reactive ketones (excluding diaryl/α,β-unsaturated/α-hetero) is 1. The average molecular weight is 437 g/mol. The van der Waals surface area contributed by atoms with Gasteiger partial charge in [-0.2, -0.15) is 0 Å². The molecule has 0 aliphatic carbocycles. The van der Waals surface area contributed by atoms with Crippen molar-refractivity contribution in [1.29, 1.82) is 0 Å². The highest BCUT2D eigenvalue weighted by molar-refractivity contribution is 7.10. The van der Waals surface area contributed by atoms with Crippen LogP contribution in [0.2, 0.25) is 0 Å². The van der Waals surface area contributed by atoms with Gasteiger partial charge in [0.15, 0.2) is 0 Å². The third kappa shape index (κ3) is 3.72. The van der Waals surface area contributed by atoms with Crippen LogP contribution in [0.1, 0.15) is 29.0 Å². The second kappa shape index (κ2) is 8.35. The SMILES string of the molecule is CCOc1ccc(/C(O)=C2/C(=O)C(=O)N(c3cccc(F)c3)C2c2sccc2C)cc1. The van der Waals surface area contributed by atoms with Crippen LogP contribution in [0.25, 0.3) is 5.76 Å². The van der Waals surface area contributed by atoms with Crippen LogP contribution in [-0.2, 0) is 9.59 Å². The highest BCUT2D eigenvalue weighted by Gasteiger charge is 2.48. The van der Waals surface area contributed by atoms with E-state index in [0.717, 1.165) is 10.4 Å². The number of anilines is 1. The summed E-state index contributed by atoms with van der Waals surface area (Å²) in [5.41, 5.74) is 1.49. The predicted octanol–water partition coefficient (Wildman–Crippen LogP) is 5.22. The van der Waals surface area contributed by atoms with Gasteiger partial charge in [-0.1, -0.05) is 6.07 Å². The normalized spacial score (nSPS) is 17.9. The number of rotatable bonds is 5. The number of carbonyl (C=O) groups is 2. The van der Waals surface area contributed by atoms with Gasteiger partial charge >= 0.3 is 0 Å². The number of amides is 1. The van der Waals surface area contributed by atoms with Crippen molar-refractivity contribution in [2.75, 3.05) is 11.5 Å². The van der Waals surface area contributed by atoms with E-state index in [-0.39, 0.29) is 17.0 Å². The van der Waals surface area contributed by atoms with Crippen LogP contribution in [0.3, 0.4) is 0 Å². The molecule has 5 nitrogen and oxygen atoms in total. The fourth-order valence-corrected chi connectivity index (χ4v) is 4.69. The number of carbonyl (C=O) groups excluding carboxylic acids is 2. The Hall–Kier alpha value is -3.45. The molecule has 31 heavy (non-hydrogen) atoms. The number of ketones is 1. The molecule has 158 valence electrons. The summed E-state index contributed by atoms with van der Waals surface area (Å²) in [6.45, 7) is 4.24. The number of aliphatic hydroxyl groups is 1. The fourth-order valence-electron chi connectivity index (χ4n) is 3.67. The third-order valence-electron chi connectivity index (χ3n) is 5.12. The van der Waals surface area contributed by atoms with Crippen molar-refractivity contribution < 1.29 is 23.8 Å². The molecule has 1 unspecified atom stereocenters. The lowest BCUT2D eigenvalue weighted by molar-refractivity contribution is -0.132. The Morgan fingerprint density at radius 3 is 2.52 bits per heavy atom. The van der Waals surface area contributed by atoms with Gasteiger partial charge in [-0.25, -0.2) is 4.39 Å². The van der Waals surface area contributed by atoms with Gasteiger partial charge < -0.3 is 9.84 Å². The first-order chi connectivity index (χ1) is 14.9. The van der Waals surface area contributed by atoms with E-state index in [2.05, 4.69) is 0 Å². The standard InChI is InChI=1S/C24H20FNO4S/c1-3-30-18-9-7-15(8-10-18)21(27)19-20(23-14(2)11-12-31-23)26(24(29)22(19)28)17-6-4-5-16(25)13-17/h4-13,20,27H,3H2,1-2H3/b21-19-. The number of halogens is 1. The first-order valence-electron chi connectivity index (χ1n) is 9.76. The fraction of sp³-hybridized carbons (Fsp3) is 0.167. The van der Waals surface area contributed by atoms with Crippen molar-refractivity contribution in [1.82, 2.24) is 0 Å². The summed E-state index contributed by atoms with van der Waals surface area (Å²) in [5, 5.41) is 12.9. The second-order valence-electron chi connectivity index (χ2n) is 7.07. The molecule has 2 heterocycles. The summed E-state index contributed by atoms with van der Waals surface area (Å²) in [6, 6.07) is 13.2. The van der Waals surface area contributed by atoms with Crippen LogP contribution in [0.5, 0.6) is 5.75 Å². The summed E-state index contributed by atoms with van der Waals surface area (Å²) in [5.74, 6) is -1.79. The second-order valence-corrected chi connectivity index (χ2v) is 8.02. The van der Waals surface area contributed by atoms with Gasteiger partial charge in [-0.3, -0.25) is 14.5 Å². The lowest BCUT2D eigenvalue weighted by Gasteiger charge is -2.25. The van der Waals surface area contributed by atoms with Crippen molar-refractivity contribution in [2.24, 2.45) is 0 Å². The van der Waals surface area contributed by atoms with Crippen molar-refractivity contribution in [3.63, 3.8) is 0 Å². The van der Waals surface area contributed by atoms with Gasteiger partial charge in [0.2, 0.25) is 0 Å². The number of ether oxygens (including phenoxy) is 1. The Labute approximate surface area is 183 Å². The summed E-state index contributed by atoms with van der Waals surface area (Å²) in [4.78, 5) is 28.1. The van der Waals surface area contributed by atoms with E-state index in [1.54, 1.807) is 30.3 Å². The Balaban J connectivity index is 1.89. The highest BCUT2D eigenvalue weighted by atomic mass is 32.1. The van der Waals surface area contributed by atoms with Gasteiger partial charge in [0, 0.05) is 16.1 Å². The maximum absolute atomic E-state index is 13.9. The van der Waals surface area contributed by atoms with E-state index >= 15 is 0 Å². The van der Waals surface area contributed by atoms with Crippen LogP contribution < -0.4 is 9.64 Å². The lowest BCUT2D eigenvalue weighted by Crippen LogP contribution is -2.29. The van der Waals surface area contributed by atoms with Gasteiger partial charge in [0.05, 0.1) is 12.2 Å². The zero-order valence-electron chi connectivity index (χ0n) is 17.0. The summed E-state index contributed by atoms with van der Waals surface area (Å²) < 4.78 is 19.3. The number of aryl methyl sites for hydroxylation is 1. The number of hydrogen-bond donors (Lipinski definition) is 1. The Morgan fingerprint density at radius 1 is 1.16 bits per heavy atom. The van der Waals surface area contributed by atoms with Crippen LogP contribution >= 0.6 is 11.3 Å². The minimum absolute atomic E-state index is 0.0241. The topological polar surface area (TPSA) is 66.8 Å². The third-order valence-corrected chi connectivity index (χ3v) is 6.19. The van der Waals surface area contributed by atoms with E-state index in [9.17, 15) is 19.1 Å². The number of thiophene rings is 1. The summed E-state index contributed by atoms with van der Waals surface area (Å²) in [7, 11) is 0. The molecule has 4 rings (SSSR count). The molecule has 7 heteroatoms. The molecule has 1 fully saturated rings. The number of aliphatic hydroxyl groups excluding tert-OH is 1. The molecule has 2 aromatic carbocycles. The van der Waals surface area contributed by atoms with Crippen molar-refractivity contribution in [3.05, 3.63) is 87.4 Å². The van der Waals surface area contributed by atoms with Gasteiger partial charge in [0.25, 0.3) is 11.7 Å².